The third kappa shape index (κ3) is 6.10. The van der Waals surface area contributed by atoms with Gasteiger partial charge >= 0.3 is 11.9 Å². The molecule has 1 aromatic carbocycles. The van der Waals surface area contributed by atoms with E-state index in [0.29, 0.717) is 17.5 Å². The molecule has 0 spiro atoms. The van der Waals surface area contributed by atoms with Gasteiger partial charge in [-0.3, -0.25) is 14.4 Å². The molecular formula is C28H39NO9. The lowest BCUT2D eigenvalue weighted by Crippen LogP contribution is -2.56. The fourth-order valence-electron chi connectivity index (χ4n) is 5.77. The minimum absolute atomic E-state index is 0.0147. The first-order chi connectivity index (χ1) is 17.8. The van der Waals surface area contributed by atoms with Crippen LogP contribution in [0.2, 0.25) is 0 Å². The third-order valence-electron chi connectivity index (χ3n) is 8.29. The largest absolute Gasteiger partial charge is 0.508 e. The van der Waals surface area contributed by atoms with E-state index < -0.39 is 22.4 Å². The van der Waals surface area contributed by atoms with Gasteiger partial charge in [-0.15, -0.1) is 10.1 Å². The molecule has 0 aromatic heterocycles. The molecule has 4 rings (SSSR count). The predicted molar refractivity (Wildman–Crippen MR) is 137 cm³/mol. The number of hydrogen-bond donors (Lipinski definition) is 1. The summed E-state index contributed by atoms with van der Waals surface area (Å²) in [5.74, 6) is -1.31. The summed E-state index contributed by atoms with van der Waals surface area (Å²) in [5.41, 5.74) is -0.605. The Hall–Kier alpha value is -3.17. The lowest BCUT2D eigenvalue weighted by molar-refractivity contribution is -0.757. The van der Waals surface area contributed by atoms with Crippen LogP contribution in [-0.2, 0) is 29.4 Å². The lowest BCUT2D eigenvalue weighted by atomic mass is 9.44. The second-order valence-electron chi connectivity index (χ2n) is 11.5. The maximum absolute atomic E-state index is 13.0. The zero-order chi connectivity index (χ0) is 28.3. The van der Waals surface area contributed by atoms with Gasteiger partial charge in [-0.05, 0) is 62.1 Å². The van der Waals surface area contributed by atoms with Gasteiger partial charge in [0.15, 0.2) is 0 Å². The number of ether oxygens (including phenoxy) is 2. The second kappa shape index (κ2) is 11.7. The molecule has 3 aliphatic carbocycles. The van der Waals surface area contributed by atoms with Crippen LogP contribution in [0.4, 0.5) is 0 Å². The predicted octanol–water partition coefficient (Wildman–Crippen LogP) is 5.02. The molecule has 210 valence electrons. The number of phenols is 1. The Balaban J connectivity index is 1.92. The van der Waals surface area contributed by atoms with Crippen LogP contribution in [0.5, 0.6) is 11.5 Å². The van der Waals surface area contributed by atoms with Crippen LogP contribution in [0, 0.1) is 27.4 Å². The first kappa shape index (κ1) is 29.4. The summed E-state index contributed by atoms with van der Waals surface area (Å²) in [6.45, 7) is 9.52. The van der Waals surface area contributed by atoms with Crippen molar-refractivity contribution in [1.82, 2.24) is 0 Å². The lowest BCUT2D eigenvalue weighted by Gasteiger charge is -2.59. The van der Waals surface area contributed by atoms with E-state index in [0.717, 1.165) is 19.3 Å². The number of carbonyl (C=O) groups excluding carboxylic acids is 3. The van der Waals surface area contributed by atoms with E-state index >= 15 is 0 Å². The Morgan fingerprint density at radius 3 is 2.50 bits per heavy atom. The molecule has 38 heavy (non-hydrogen) atoms. The van der Waals surface area contributed by atoms with E-state index in [4.69, 9.17) is 9.47 Å². The van der Waals surface area contributed by atoms with Crippen molar-refractivity contribution in [2.75, 3.05) is 13.2 Å². The molecule has 3 aliphatic rings. The zero-order valence-corrected chi connectivity index (χ0v) is 22.9. The van der Waals surface area contributed by atoms with Gasteiger partial charge in [-0.25, -0.2) is 0 Å². The van der Waals surface area contributed by atoms with Crippen LogP contribution in [-0.4, -0.2) is 41.1 Å². The molecule has 0 amide bonds. The van der Waals surface area contributed by atoms with E-state index in [-0.39, 0.29) is 72.9 Å². The molecule has 0 unspecified atom stereocenters. The van der Waals surface area contributed by atoms with E-state index in [1.54, 1.807) is 19.9 Å². The molecule has 10 nitrogen and oxygen atoms in total. The van der Waals surface area contributed by atoms with Gasteiger partial charge in [-0.1, -0.05) is 33.6 Å². The number of benzene rings is 1. The number of rotatable bonds is 13. The Bertz CT molecular complexity index is 1080. The van der Waals surface area contributed by atoms with Crippen LogP contribution in [0.1, 0.15) is 96.6 Å². The Labute approximate surface area is 223 Å². The van der Waals surface area contributed by atoms with Crippen molar-refractivity contribution < 1.29 is 38.9 Å². The molecule has 1 N–H and O–H groups in total. The number of ketones is 1. The highest BCUT2D eigenvalue weighted by molar-refractivity contribution is 5.87. The van der Waals surface area contributed by atoms with Gasteiger partial charge in [0.05, 0.1) is 18.6 Å². The monoisotopic (exact) mass is 533 g/mol. The van der Waals surface area contributed by atoms with Gasteiger partial charge in [0.1, 0.15) is 17.3 Å². The van der Waals surface area contributed by atoms with Gasteiger partial charge in [-0.2, -0.15) is 0 Å². The van der Waals surface area contributed by atoms with E-state index in [1.165, 1.54) is 6.07 Å². The van der Waals surface area contributed by atoms with Crippen LogP contribution in [0.3, 0.4) is 0 Å². The fraction of sp³-hybridized carbons (Fsp3) is 0.679. The first-order valence-electron chi connectivity index (χ1n) is 13.4. The third-order valence-corrected chi connectivity index (χ3v) is 8.29. The second-order valence-corrected chi connectivity index (χ2v) is 11.5. The normalized spacial score (nSPS) is 21.8. The number of hydrogen-bond acceptors (Lipinski definition) is 9. The van der Waals surface area contributed by atoms with Crippen molar-refractivity contribution in [3.8, 4) is 11.5 Å². The summed E-state index contributed by atoms with van der Waals surface area (Å²) >= 11 is 0. The Morgan fingerprint density at radius 2 is 1.89 bits per heavy atom. The molecule has 2 bridgehead atoms. The number of nitrogens with zero attached hydrogens (tertiary/aromatic N) is 1. The molecule has 1 aromatic rings. The molecule has 3 atom stereocenters. The Kier molecular flexibility index (Phi) is 9.05. The minimum atomic E-state index is -1.15. The highest BCUT2D eigenvalue weighted by atomic mass is 16.9. The van der Waals surface area contributed by atoms with Crippen molar-refractivity contribution >= 4 is 17.7 Å². The van der Waals surface area contributed by atoms with Crippen LogP contribution in [0.15, 0.2) is 12.1 Å². The van der Waals surface area contributed by atoms with Crippen molar-refractivity contribution in [2.24, 2.45) is 17.3 Å². The Morgan fingerprint density at radius 1 is 1.18 bits per heavy atom. The van der Waals surface area contributed by atoms with Gasteiger partial charge in [0.2, 0.25) is 0 Å². The smallest absolute Gasteiger partial charge is 0.315 e. The SMILES string of the molecule is CCCCCOC(=O)C(C)(C)c1cc(O)c([C@@H]2CC(=O)[C@@H]3C[C@@H]2C3(C)C)c(OC(=O)CCCO[N+](=O)[O-])c1. The summed E-state index contributed by atoms with van der Waals surface area (Å²) in [7, 11) is 0. The quantitative estimate of drug-likeness (QED) is 0.122. The number of carbonyl (C=O) groups is 3. The molecule has 3 fully saturated rings. The average Bonchev–Trinajstić information content (AvgIpc) is 2.83. The minimum Gasteiger partial charge on any atom is -0.508 e. The zero-order valence-electron chi connectivity index (χ0n) is 22.9. The number of fused-ring (bicyclic) bond motifs is 2. The number of unbranched alkanes of at least 4 members (excludes halogenated alkanes) is 2. The van der Waals surface area contributed by atoms with Crippen LogP contribution in [0.25, 0.3) is 0 Å². The molecule has 0 heterocycles. The summed E-state index contributed by atoms with van der Waals surface area (Å²) < 4.78 is 11.2. The van der Waals surface area contributed by atoms with Crippen molar-refractivity contribution in [3.63, 3.8) is 0 Å². The first-order valence-corrected chi connectivity index (χ1v) is 13.4. The molecule has 0 aliphatic heterocycles. The number of aromatic hydroxyl groups is 1. The van der Waals surface area contributed by atoms with Crippen LogP contribution >= 0.6 is 0 Å². The summed E-state index contributed by atoms with van der Waals surface area (Å²) in [6.07, 6.45) is 3.53. The highest BCUT2D eigenvalue weighted by Crippen LogP contribution is 2.64. The van der Waals surface area contributed by atoms with Gasteiger partial charge in [0, 0.05) is 30.2 Å². The summed E-state index contributed by atoms with van der Waals surface area (Å²) in [4.78, 5) is 53.1. The highest BCUT2D eigenvalue weighted by Gasteiger charge is 2.59. The van der Waals surface area contributed by atoms with Crippen molar-refractivity contribution in [2.45, 2.75) is 90.9 Å². The average molecular weight is 534 g/mol. The maximum atomic E-state index is 13.0. The van der Waals surface area contributed by atoms with E-state index in [2.05, 4.69) is 11.8 Å². The van der Waals surface area contributed by atoms with Crippen molar-refractivity contribution in [1.29, 1.82) is 0 Å². The maximum Gasteiger partial charge on any atom is 0.315 e. The fourth-order valence-corrected chi connectivity index (χ4v) is 5.77. The standard InChI is InChI=1S/C28H39NO9/c1-6-7-8-11-36-26(33)27(2,3)17-13-22(31)25(18-15-21(30)20-16-19(18)28(20,4)5)23(14-17)38-24(32)10-9-12-37-29(34)35/h13-14,18-20,31H,6-12,15-16H2,1-5H3/t18-,19+,20+/m1/s1. The molecule has 0 saturated heterocycles. The number of phenolic OH excluding ortho intramolecular Hbond substituents is 1. The number of esters is 2. The molecule has 10 heteroatoms. The van der Waals surface area contributed by atoms with E-state index in [1.807, 2.05) is 13.8 Å². The topological polar surface area (TPSA) is 142 Å². The van der Waals surface area contributed by atoms with Gasteiger partial charge < -0.3 is 19.4 Å². The van der Waals surface area contributed by atoms with Gasteiger partial charge in [0.25, 0.3) is 5.09 Å². The van der Waals surface area contributed by atoms with Crippen molar-refractivity contribution in [3.05, 3.63) is 33.4 Å². The molecular weight excluding hydrogens is 494 g/mol. The molecule has 3 saturated carbocycles. The van der Waals surface area contributed by atoms with Crippen LogP contribution < -0.4 is 4.74 Å². The molecule has 0 radical (unpaired) electrons. The summed E-state index contributed by atoms with van der Waals surface area (Å²) in [6, 6.07) is 3.06. The van der Waals surface area contributed by atoms with E-state index in [9.17, 15) is 29.6 Å². The number of Topliss-reactive ketones (excluding diaryl/α,β-unsaturated/α-hetero) is 1. The summed E-state index contributed by atoms with van der Waals surface area (Å²) in [5, 5.41) is 20.7.